The molecule has 0 rings (SSSR count). The summed E-state index contributed by atoms with van der Waals surface area (Å²) in [7, 11) is 0. The fraction of sp³-hybridized carbons (Fsp3) is 0. The summed E-state index contributed by atoms with van der Waals surface area (Å²) < 4.78 is -1.40. The molecular formula is H2I4Pb2. The average Bonchev–Trinajstić information content (AvgIpc) is 0.722. The zero-order valence-electron chi connectivity index (χ0n) is 2.72. The topological polar surface area (TPSA) is 0 Å². The van der Waals surface area contributed by atoms with Gasteiger partial charge in [0.1, 0.15) is 0 Å². The molecule has 0 bridgehead atoms. The number of hydrogen-bond donors (Lipinski definition) is 0. The Hall–Kier alpha value is 4.76. The van der Waals surface area contributed by atoms with E-state index >= 15 is 0 Å². The van der Waals surface area contributed by atoms with E-state index in [1.807, 2.05) is 0 Å². The van der Waals surface area contributed by atoms with E-state index < -0.39 is 4.00 Å². The molecule has 0 atom stereocenters. The van der Waals surface area contributed by atoms with E-state index in [9.17, 15) is 0 Å². The number of hydrogen-bond acceptors (Lipinski definition) is 0. The molecule has 0 nitrogen and oxygen atoms in total. The molecule has 0 aliphatic rings. The zero-order valence-corrected chi connectivity index (χ0v) is 20.7. The van der Waals surface area contributed by atoms with Crippen molar-refractivity contribution in [1.29, 1.82) is 0 Å². The first-order valence-electron chi connectivity index (χ1n) is 0.756. The molecule has 0 spiro atoms. The van der Waals surface area contributed by atoms with Crippen molar-refractivity contribution in [3.8, 4) is 0 Å². The van der Waals surface area contributed by atoms with Gasteiger partial charge >= 0.3 is 102 Å². The van der Waals surface area contributed by atoms with E-state index in [0.717, 1.165) is 0 Å². The normalized spacial score (nSPS) is 10.0. The summed E-state index contributed by atoms with van der Waals surface area (Å²) in [6.45, 7) is 0. The summed E-state index contributed by atoms with van der Waals surface area (Å²) in [5.41, 5.74) is 0. The van der Waals surface area contributed by atoms with Crippen LogP contribution in [0, 0.1) is 0 Å². The third-order valence-corrected chi connectivity index (χ3v) is 0. The van der Waals surface area contributed by atoms with Gasteiger partial charge in [0, 0.05) is 0 Å². The fourth-order valence-electron chi connectivity index (χ4n) is 0. The Morgan fingerprint density at radius 3 is 0.833 bits per heavy atom. The number of rotatable bonds is 0. The first-order chi connectivity index (χ1) is 2.00. The van der Waals surface area contributed by atoms with Gasteiger partial charge in [-0.25, -0.2) is 0 Å². The summed E-state index contributed by atoms with van der Waals surface area (Å²) in [6.07, 6.45) is 0. The molecule has 0 amide bonds. The molecule has 0 aliphatic heterocycles. The standard InChI is InChI=1S/4HI.2Pb.2H/h4*1H;;;;/q;;;;;+4;;/p-4. The SMILES string of the molecule is [I][Pb]([I])([I])[I].[PbH2]. The first kappa shape index (κ1) is 13.4. The molecule has 6 heavy (non-hydrogen) atoms. The second kappa shape index (κ2) is 6.47. The van der Waals surface area contributed by atoms with Gasteiger partial charge in [-0.3, -0.25) is 0 Å². The van der Waals surface area contributed by atoms with Gasteiger partial charge in [-0.05, 0) is 0 Å². The second-order valence-electron chi connectivity index (χ2n) is 0.429. The van der Waals surface area contributed by atoms with Crippen LogP contribution >= 0.6 is 71.0 Å². The van der Waals surface area contributed by atoms with Crippen molar-refractivity contribution in [2.45, 2.75) is 0 Å². The Morgan fingerprint density at radius 2 is 0.833 bits per heavy atom. The van der Waals surface area contributed by atoms with Crippen LogP contribution in [0.25, 0.3) is 0 Å². The van der Waals surface area contributed by atoms with Crippen molar-refractivity contribution < 1.29 is 0 Å². The summed E-state index contributed by atoms with van der Waals surface area (Å²) in [5, 5.41) is 0. The van der Waals surface area contributed by atoms with Crippen molar-refractivity contribution in [1.82, 2.24) is 0 Å². The first-order valence-corrected chi connectivity index (χ1v) is 44.5. The van der Waals surface area contributed by atoms with Crippen LogP contribution in [-0.2, 0) is 0 Å². The van der Waals surface area contributed by atoms with E-state index in [4.69, 9.17) is 0 Å². The van der Waals surface area contributed by atoms with E-state index in [2.05, 4.69) is 71.0 Å². The molecule has 0 aromatic carbocycles. The Bertz CT molecular complexity index is 21.0. The van der Waals surface area contributed by atoms with Gasteiger partial charge in [0.05, 0.1) is 0 Å². The van der Waals surface area contributed by atoms with Gasteiger partial charge in [0.2, 0.25) is 0 Å². The van der Waals surface area contributed by atoms with Crippen LogP contribution in [0.5, 0.6) is 0 Å². The van der Waals surface area contributed by atoms with Crippen LogP contribution < -0.4 is 0 Å². The van der Waals surface area contributed by atoms with Gasteiger partial charge in [-0.15, -0.1) is 0 Å². The molecule has 2 radical (unpaired) electrons. The molecule has 0 aromatic rings. The number of halogens is 4. The van der Waals surface area contributed by atoms with Gasteiger partial charge in [0.15, 0.2) is 0 Å². The van der Waals surface area contributed by atoms with Crippen LogP contribution in [-0.4, -0.2) is 31.3 Å². The quantitative estimate of drug-likeness (QED) is 0.259. The van der Waals surface area contributed by atoms with Crippen molar-refractivity contribution in [2.24, 2.45) is 0 Å². The monoisotopic (exact) mass is 926 g/mol. The second-order valence-corrected chi connectivity index (χ2v) is 169. The minimum absolute atomic E-state index is 0. The van der Waals surface area contributed by atoms with Crippen LogP contribution in [0.3, 0.4) is 0 Å². The summed E-state index contributed by atoms with van der Waals surface area (Å²) in [6, 6.07) is 0. The molecular weight excluding hydrogens is 922 g/mol. The third-order valence-electron chi connectivity index (χ3n) is 0. The molecule has 0 aromatic heterocycles. The zero-order chi connectivity index (χ0) is 4.50. The van der Waals surface area contributed by atoms with Gasteiger partial charge < -0.3 is 0 Å². The van der Waals surface area contributed by atoms with Crippen molar-refractivity contribution in [2.75, 3.05) is 0 Å². The molecule has 6 heteroatoms. The molecule has 38 valence electrons. The van der Waals surface area contributed by atoms with Gasteiger partial charge in [0.25, 0.3) is 0 Å². The predicted octanol–water partition coefficient (Wildman–Crippen LogP) is 2.25. The maximum absolute atomic E-state index is 2.56. The Morgan fingerprint density at radius 1 is 0.833 bits per heavy atom. The van der Waals surface area contributed by atoms with E-state index in [-0.39, 0.29) is 27.3 Å². The van der Waals surface area contributed by atoms with Crippen molar-refractivity contribution in [3.63, 3.8) is 0 Å². The predicted molar refractivity (Wildman–Crippen MR) is 70.4 cm³/mol. The average molecular weight is 924 g/mol. The molecule has 0 fully saturated rings. The van der Waals surface area contributed by atoms with Crippen LogP contribution in [0.2, 0.25) is 0 Å². The van der Waals surface area contributed by atoms with Crippen LogP contribution in [0.1, 0.15) is 0 Å². The molecule has 0 saturated carbocycles. The Labute approximate surface area is 98.3 Å². The molecule has 0 heterocycles. The van der Waals surface area contributed by atoms with E-state index in [1.165, 1.54) is 0 Å². The Kier molecular flexibility index (Phi) is 14.4. The van der Waals surface area contributed by atoms with Gasteiger partial charge in [-0.1, -0.05) is 0 Å². The van der Waals surface area contributed by atoms with Gasteiger partial charge in [-0.2, -0.15) is 0 Å². The Balaban J connectivity index is 0. The van der Waals surface area contributed by atoms with E-state index in [1.54, 1.807) is 0 Å². The van der Waals surface area contributed by atoms with Crippen molar-refractivity contribution in [3.05, 3.63) is 0 Å². The van der Waals surface area contributed by atoms with Crippen LogP contribution in [0.4, 0.5) is 0 Å². The maximum atomic E-state index is 2.56. The minimum atomic E-state index is -1.40. The summed E-state index contributed by atoms with van der Waals surface area (Å²) in [5.74, 6) is 0. The summed E-state index contributed by atoms with van der Waals surface area (Å²) >= 11 is 10.2. The molecule has 0 unspecified atom stereocenters. The fourth-order valence-corrected chi connectivity index (χ4v) is 0. The third kappa shape index (κ3) is 23.3. The van der Waals surface area contributed by atoms with Crippen molar-refractivity contribution >= 4 is 102 Å². The molecule has 0 saturated heterocycles. The molecule has 0 N–H and O–H groups in total. The van der Waals surface area contributed by atoms with Crippen LogP contribution in [0.15, 0.2) is 0 Å². The summed E-state index contributed by atoms with van der Waals surface area (Å²) in [4.78, 5) is 0. The van der Waals surface area contributed by atoms with E-state index in [0.29, 0.717) is 0 Å². The molecule has 0 aliphatic carbocycles.